The molecule has 0 aromatic heterocycles. The molecule has 0 saturated heterocycles. The third-order valence-corrected chi connectivity index (χ3v) is 4.17. The summed E-state index contributed by atoms with van der Waals surface area (Å²) in [5, 5.41) is 0. The fourth-order valence-electron chi connectivity index (χ4n) is 0.934. The molecule has 74 valence electrons. The van der Waals surface area contributed by atoms with Crippen molar-refractivity contribution < 1.29 is 4.74 Å². The van der Waals surface area contributed by atoms with Crippen molar-refractivity contribution in [3.05, 3.63) is 29.8 Å². The van der Waals surface area contributed by atoms with Crippen molar-refractivity contribution in [1.29, 1.82) is 0 Å². The van der Waals surface area contributed by atoms with E-state index in [1.807, 2.05) is 24.3 Å². The Hall–Kier alpha value is -0.621. The van der Waals surface area contributed by atoms with Gasteiger partial charge in [0.1, 0.15) is 0 Å². The van der Waals surface area contributed by atoms with Crippen molar-refractivity contribution in [3.8, 4) is 15.6 Å². The molecule has 1 nitrogen and oxygen atoms in total. The van der Waals surface area contributed by atoms with Gasteiger partial charge in [0.15, 0.2) is 0 Å². The number of hydrogen-bond acceptors (Lipinski definition) is 1. The van der Waals surface area contributed by atoms with Gasteiger partial charge in [-0.3, -0.25) is 0 Å². The maximum atomic E-state index is 5.08. The molecule has 0 atom stereocenters. The second-order valence-electron chi connectivity index (χ2n) is 4.23. The SMILES string of the molecule is COc1ccc(C#[C][Sn]([CH3])([CH3])[CH3])cc1. The standard InChI is InChI=1S/C9H7O.3CH3.Sn/c1-3-8-4-6-9(10-2)7-5-8;;;;/h4-7H,2H3;3*1H3;. The van der Waals surface area contributed by atoms with Crippen molar-refractivity contribution >= 4 is 18.4 Å². The van der Waals surface area contributed by atoms with E-state index in [2.05, 4.69) is 24.7 Å². The van der Waals surface area contributed by atoms with Crippen LogP contribution in [0.5, 0.6) is 5.75 Å². The van der Waals surface area contributed by atoms with E-state index in [0.29, 0.717) is 0 Å². The van der Waals surface area contributed by atoms with Gasteiger partial charge in [-0.25, -0.2) is 0 Å². The van der Waals surface area contributed by atoms with Crippen LogP contribution in [0.25, 0.3) is 0 Å². The zero-order valence-electron chi connectivity index (χ0n) is 9.22. The summed E-state index contributed by atoms with van der Waals surface area (Å²) in [5.41, 5.74) is 1.08. The zero-order chi connectivity index (χ0) is 10.6. The van der Waals surface area contributed by atoms with E-state index in [1.54, 1.807) is 7.11 Å². The summed E-state index contributed by atoms with van der Waals surface area (Å²) in [5.74, 6) is 4.11. The first-order valence-electron chi connectivity index (χ1n) is 4.68. The quantitative estimate of drug-likeness (QED) is 0.572. The van der Waals surface area contributed by atoms with Crippen LogP contribution in [0, 0.1) is 9.86 Å². The fourth-order valence-corrected chi connectivity index (χ4v) is 2.42. The summed E-state index contributed by atoms with van der Waals surface area (Å²) >= 11 is -1.92. The van der Waals surface area contributed by atoms with Gasteiger partial charge < -0.3 is 0 Å². The third-order valence-electron chi connectivity index (χ3n) is 1.67. The van der Waals surface area contributed by atoms with E-state index in [4.69, 9.17) is 4.74 Å². The molecule has 0 aliphatic carbocycles. The maximum absolute atomic E-state index is 5.08. The third kappa shape index (κ3) is 4.06. The average molecular weight is 295 g/mol. The molecule has 14 heavy (non-hydrogen) atoms. The van der Waals surface area contributed by atoms with Crippen LogP contribution in [0.3, 0.4) is 0 Å². The molecule has 0 aliphatic heterocycles. The number of benzene rings is 1. The fraction of sp³-hybridized carbons (Fsp3) is 0.333. The molecule has 0 radical (unpaired) electrons. The predicted octanol–water partition coefficient (Wildman–Crippen LogP) is 2.92. The number of rotatable bonds is 1. The van der Waals surface area contributed by atoms with Crippen LogP contribution in [-0.2, 0) is 0 Å². The molecule has 0 bridgehead atoms. The second-order valence-corrected chi connectivity index (χ2v) is 17.8. The van der Waals surface area contributed by atoms with Gasteiger partial charge in [0.05, 0.1) is 0 Å². The van der Waals surface area contributed by atoms with Crippen LogP contribution < -0.4 is 4.74 Å². The Morgan fingerprint density at radius 1 is 1.07 bits per heavy atom. The number of hydrogen-bond donors (Lipinski definition) is 0. The topological polar surface area (TPSA) is 9.23 Å². The van der Waals surface area contributed by atoms with E-state index in [9.17, 15) is 0 Å². The summed E-state index contributed by atoms with van der Waals surface area (Å²) in [4.78, 5) is 6.93. The molecular formula is C12H16OSn. The minimum atomic E-state index is -1.92. The summed E-state index contributed by atoms with van der Waals surface area (Å²) in [7, 11) is 1.67. The molecule has 0 spiro atoms. The van der Waals surface area contributed by atoms with Gasteiger partial charge in [-0.2, -0.15) is 0 Å². The Morgan fingerprint density at radius 2 is 1.64 bits per heavy atom. The first kappa shape index (κ1) is 11.5. The Kier molecular flexibility index (Phi) is 3.88. The monoisotopic (exact) mass is 296 g/mol. The molecule has 1 rings (SSSR count). The molecular weight excluding hydrogens is 279 g/mol. The summed E-state index contributed by atoms with van der Waals surface area (Å²) < 4.78 is 8.47. The van der Waals surface area contributed by atoms with Gasteiger partial charge in [0.2, 0.25) is 0 Å². The molecule has 0 N–H and O–H groups in total. The van der Waals surface area contributed by atoms with Crippen LogP contribution in [-0.4, -0.2) is 25.5 Å². The van der Waals surface area contributed by atoms with Crippen LogP contribution in [0.2, 0.25) is 14.8 Å². The van der Waals surface area contributed by atoms with E-state index in [-0.39, 0.29) is 0 Å². The van der Waals surface area contributed by atoms with Gasteiger partial charge in [-0.1, -0.05) is 0 Å². The number of methoxy groups -OCH3 is 1. The molecule has 0 unspecified atom stereocenters. The average Bonchev–Trinajstić information content (AvgIpc) is 2.14. The first-order valence-corrected chi connectivity index (χ1v) is 14.7. The molecule has 2 heteroatoms. The van der Waals surface area contributed by atoms with Gasteiger partial charge >= 0.3 is 90.5 Å². The van der Waals surface area contributed by atoms with Crippen molar-refractivity contribution in [2.24, 2.45) is 0 Å². The van der Waals surface area contributed by atoms with Gasteiger partial charge in [-0.15, -0.1) is 0 Å². The molecule has 0 amide bonds. The van der Waals surface area contributed by atoms with Gasteiger partial charge in [0, 0.05) is 0 Å². The van der Waals surface area contributed by atoms with Crippen LogP contribution in [0.4, 0.5) is 0 Å². The Bertz CT molecular complexity index is 349. The van der Waals surface area contributed by atoms with Crippen molar-refractivity contribution in [3.63, 3.8) is 0 Å². The van der Waals surface area contributed by atoms with Crippen molar-refractivity contribution in [2.75, 3.05) is 7.11 Å². The van der Waals surface area contributed by atoms with Crippen LogP contribution >= 0.6 is 0 Å². The van der Waals surface area contributed by atoms with E-state index in [1.165, 1.54) is 0 Å². The summed E-state index contributed by atoms with van der Waals surface area (Å²) in [6.07, 6.45) is 0. The second kappa shape index (κ2) is 4.74. The van der Waals surface area contributed by atoms with Crippen molar-refractivity contribution in [1.82, 2.24) is 0 Å². The van der Waals surface area contributed by atoms with E-state index in [0.717, 1.165) is 11.3 Å². The normalized spacial score (nSPS) is 10.3. The minimum absolute atomic E-state index is 0.884. The predicted molar refractivity (Wildman–Crippen MR) is 63.2 cm³/mol. The van der Waals surface area contributed by atoms with E-state index >= 15 is 0 Å². The number of ether oxygens (including phenoxy) is 1. The van der Waals surface area contributed by atoms with Gasteiger partial charge in [-0.05, 0) is 0 Å². The Morgan fingerprint density at radius 3 is 2.07 bits per heavy atom. The molecule has 0 aliphatic rings. The summed E-state index contributed by atoms with van der Waals surface area (Å²) in [6, 6.07) is 7.90. The molecule has 0 heterocycles. The van der Waals surface area contributed by atoms with Crippen molar-refractivity contribution in [2.45, 2.75) is 14.8 Å². The Balaban J connectivity index is 2.82. The molecule has 0 saturated carbocycles. The van der Waals surface area contributed by atoms with Gasteiger partial charge in [0.25, 0.3) is 0 Å². The van der Waals surface area contributed by atoms with Crippen LogP contribution in [0.15, 0.2) is 24.3 Å². The molecule has 0 fully saturated rings. The Labute approximate surface area is 90.4 Å². The zero-order valence-corrected chi connectivity index (χ0v) is 12.1. The molecule has 1 aromatic rings. The summed E-state index contributed by atoms with van der Waals surface area (Å²) in [6.45, 7) is 0. The van der Waals surface area contributed by atoms with Crippen LogP contribution in [0.1, 0.15) is 5.56 Å². The first-order chi connectivity index (χ1) is 6.51. The molecule has 1 aromatic carbocycles. The van der Waals surface area contributed by atoms with E-state index < -0.39 is 18.4 Å².